The number of aromatic nitrogens is 2. The SMILES string of the molecule is CCn1c(=O)n(CC(=O)NCCO)c(=O)c2c3c(sc21)CCCC3. The number of thiophene rings is 1. The van der Waals surface area contributed by atoms with Crippen molar-refractivity contribution in [1.29, 1.82) is 0 Å². The fraction of sp³-hybridized carbons (Fsp3) is 0.562. The van der Waals surface area contributed by atoms with Gasteiger partial charge in [0.15, 0.2) is 0 Å². The first-order valence-electron chi connectivity index (χ1n) is 8.24. The third kappa shape index (κ3) is 2.80. The Hall–Kier alpha value is -1.93. The summed E-state index contributed by atoms with van der Waals surface area (Å²) in [5.74, 6) is -0.450. The molecule has 0 radical (unpaired) electrons. The van der Waals surface area contributed by atoms with Gasteiger partial charge in [-0.2, -0.15) is 0 Å². The van der Waals surface area contributed by atoms with Gasteiger partial charge in [-0.05, 0) is 38.2 Å². The molecule has 0 saturated heterocycles. The largest absolute Gasteiger partial charge is 0.395 e. The van der Waals surface area contributed by atoms with Gasteiger partial charge >= 0.3 is 5.69 Å². The maximum atomic E-state index is 12.9. The third-order valence-corrected chi connectivity index (χ3v) is 5.69. The number of amides is 1. The number of hydrogen-bond donors (Lipinski definition) is 2. The number of fused-ring (bicyclic) bond motifs is 3. The fourth-order valence-electron chi connectivity index (χ4n) is 3.23. The topological polar surface area (TPSA) is 93.3 Å². The molecule has 2 aromatic rings. The van der Waals surface area contributed by atoms with E-state index in [4.69, 9.17) is 5.11 Å². The molecule has 0 unspecified atom stereocenters. The zero-order valence-corrected chi connectivity index (χ0v) is 14.4. The smallest absolute Gasteiger partial charge is 0.332 e. The van der Waals surface area contributed by atoms with Gasteiger partial charge in [-0.3, -0.25) is 18.7 Å². The average molecular weight is 351 g/mol. The zero-order valence-electron chi connectivity index (χ0n) is 13.6. The second-order valence-electron chi connectivity index (χ2n) is 5.88. The molecule has 2 N–H and O–H groups in total. The predicted octanol–water partition coefficient (Wildman–Crippen LogP) is 0.232. The first-order valence-corrected chi connectivity index (χ1v) is 9.05. The highest BCUT2D eigenvalue weighted by Crippen LogP contribution is 2.34. The van der Waals surface area contributed by atoms with Crippen molar-refractivity contribution in [2.45, 2.75) is 45.7 Å². The number of hydrogen-bond acceptors (Lipinski definition) is 5. The molecule has 3 rings (SSSR count). The summed E-state index contributed by atoms with van der Waals surface area (Å²) in [5, 5.41) is 11.9. The Morgan fingerprint density at radius 3 is 2.71 bits per heavy atom. The van der Waals surface area contributed by atoms with E-state index in [0.717, 1.165) is 40.6 Å². The van der Waals surface area contributed by atoms with Crippen molar-refractivity contribution in [1.82, 2.24) is 14.5 Å². The molecule has 0 saturated carbocycles. The van der Waals surface area contributed by atoms with Crippen LogP contribution in [0.4, 0.5) is 0 Å². The summed E-state index contributed by atoms with van der Waals surface area (Å²) in [4.78, 5) is 39.4. The molecule has 24 heavy (non-hydrogen) atoms. The van der Waals surface area contributed by atoms with E-state index in [1.54, 1.807) is 4.57 Å². The number of nitrogens with zero attached hydrogens (tertiary/aromatic N) is 2. The van der Waals surface area contributed by atoms with Gasteiger partial charge in [-0.25, -0.2) is 4.79 Å². The van der Waals surface area contributed by atoms with E-state index in [1.165, 1.54) is 16.2 Å². The van der Waals surface area contributed by atoms with Crippen LogP contribution in [0.5, 0.6) is 0 Å². The molecule has 1 amide bonds. The molecule has 0 fully saturated rings. The van der Waals surface area contributed by atoms with Crippen molar-refractivity contribution in [2.75, 3.05) is 13.2 Å². The van der Waals surface area contributed by atoms with Crippen molar-refractivity contribution in [2.24, 2.45) is 0 Å². The fourth-order valence-corrected chi connectivity index (χ4v) is 4.67. The molecular weight excluding hydrogens is 330 g/mol. The molecule has 130 valence electrons. The molecule has 1 aliphatic carbocycles. The van der Waals surface area contributed by atoms with Crippen LogP contribution in [0.15, 0.2) is 9.59 Å². The molecule has 7 nitrogen and oxygen atoms in total. The number of carbonyl (C=O) groups excluding carboxylic acids is 1. The summed E-state index contributed by atoms with van der Waals surface area (Å²) in [5.41, 5.74) is 0.226. The zero-order chi connectivity index (χ0) is 17.3. The number of aliphatic hydroxyl groups excluding tert-OH is 1. The Morgan fingerprint density at radius 2 is 2.00 bits per heavy atom. The lowest BCUT2D eigenvalue weighted by molar-refractivity contribution is -0.121. The van der Waals surface area contributed by atoms with Crippen LogP contribution in [0.3, 0.4) is 0 Å². The van der Waals surface area contributed by atoms with Gasteiger partial charge in [0.1, 0.15) is 11.4 Å². The highest BCUT2D eigenvalue weighted by atomic mass is 32.1. The number of rotatable bonds is 5. The molecule has 0 atom stereocenters. The van der Waals surface area contributed by atoms with Crippen LogP contribution < -0.4 is 16.6 Å². The molecule has 2 heterocycles. The molecule has 8 heteroatoms. The third-order valence-electron chi connectivity index (χ3n) is 4.37. The molecule has 0 aliphatic heterocycles. The summed E-state index contributed by atoms with van der Waals surface area (Å²) >= 11 is 1.54. The molecule has 0 spiro atoms. The van der Waals surface area contributed by atoms with Crippen molar-refractivity contribution < 1.29 is 9.90 Å². The van der Waals surface area contributed by atoms with Crippen LogP contribution in [0.1, 0.15) is 30.2 Å². The van der Waals surface area contributed by atoms with Crippen LogP contribution in [0.25, 0.3) is 10.2 Å². The van der Waals surface area contributed by atoms with Crippen molar-refractivity contribution in [3.05, 3.63) is 31.3 Å². The van der Waals surface area contributed by atoms with Gasteiger partial charge < -0.3 is 10.4 Å². The number of nitrogens with one attached hydrogen (secondary N) is 1. The molecular formula is C16H21N3O4S. The summed E-state index contributed by atoms with van der Waals surface area (Å²) in [6, 6.07) is 0. The minimum absolute atomic E-state index is 0.103. The average Bonchev–Trinajstić information content (AvgIpc) is 2.96. The van der Waals surface area contributed by atoms with E-state index in [1.807, 2.05) is 6.92 Å². The number of aryl methyl sites for hydroxylation is 3. The van der Waals surface area contributed by atoms with Gasteiger partial charge in [0.25, 0.3) is 5.56 Å². The Labute approximate surface area is 142 Å². The Morgan fingerprint density at radius 1 is 1.25 bits per heavy atom. The van der Waals surface area contributed by atoms with Crippen LogP contribution in [-0.2, 0) is 30.7 Å². The quantitative estimate of drug-likeness (QED) is 0.806. The van der Waals surface area contributed by atoms with Crippen molar-refractivity contribution in [3.8, 4) is 0 Å². The van der Waals surface area contributed by atoms with Gasteiger partial charge in [0.05, 0.1) is 12.0 Å². The first-order chi connectivity index (χ1) is 11.6. The van der Waals surface area contributed by atoms with E-state index in [-0.39, 0.29) is 25.3 Å². The minimum atomic E-state index is -0.451. The van der Waals surface area contributed by atoms with Crippen molar-refractivity contribution >= 4 is 27.5 Å². The van der Waals surface area contributed by atoms with E-state index in [0.29, 0.717) is 11.9 Å². The number of carbonyl (C=O) groups is 1. The van der Waals surface area contributed by atoms with Crippen LogP contribution >= 0.6 is 11.3 Å². The Balaban J connectivity index is 2.17. The van der Waals surface area contributed by atoms with Gasteiger partial charge in [0.2, 0.25) is 5.91 Å². The summed E-state index contributed by atoms with van der Waals surface area (Å²) in [6.07, 6.45) is 3.95. The maximum absolute atomic E-state index is 12.9. The van der Waals surface area contributed by atoms with E-state index < -0.39 is 11.6 Å². The predicted molar refractivity (Wildman–Crippen MR) is 92.8 cm³/mol. The van der Waals surface area contributed by atoms with Gasteiger partial charge in [-0.15, -0.1) is 11.3 Å². The highest BCUT2D eigenvalue weighted by Gasteiger charge is 2.23. The normalized spacial score (nSPS) is 13.9. The second-order valence-corrected chi connectivity index (χ2v) is 6.97. The Kier molecular flexibility index (Phi) is 4.86. The van der Waals surface area contributed by atoms with E-state index in [2.05, 4.69) is 5.32 Å². The summed E-state index contributed by atoms with van der Waals surface area (Å²) in [7, 11) is 0. The van der Waals surface area contributed by atoms with Gasteiger partial charge in [-0.1, -0.05) is 0 Å². The lowest BCUT2D eigenvalue weighted by atomic mass is 9.97. The Bertz CT molecular complexity index is 893. The summed E-state index contributed by atoms with van der Waals surface area (Å²) in [6.45, 7) is 1.91. The van der Waals surface area contributed by atoms with E-state index >= 15 is 0 Å². The highest BCUT2D eigenvalue weighted by molar-refractivity contribution is 7.18. The van der Waals surface area contributed by atoms with Crippen LogP contribution in [-0.4, -0.2) is 33.3 Å². The van der Waals surface area contributed by atoms with Crippen LogP contribution in [0.2, 0.25) is 0 Å². The lowest BCUT2D eigenvalue weighted by Gasteiger charge is -2.12. The number of aliphatic hydroxyl groups is 1. The van der Waals surface area contributed by atoms with Crippen molar-refractivity contribution in [3.63, 3.8) is 0 Å². The second kappa shape index (κ2) is 6.90. The molecule has 0 aromatic carbocycles. The monoisotopic (exact) mass is 351 g/mol. The lowest BCUT2D eigenvalue weighted by Crippen LogP contribution is -2.44. The van der Waals surface area contributed by atoms with Gasteiger partial charge in [0, 0.05) is 18.0 Å². The maximum Gasteiger partial charge on any atom is 0.332 e. The van der Waals surface area contributed by atoms with Crippen LogP contribution in [0, 0.1) is 0 Å². The summed E-state index contributed by atoms with van der Waals surface area (Å²) < 4.78 is 2.60. The first kappa shape index (κ1) is 16.9. The molecule has 2 aromatic heterocycles. The molecule has 0 bridgehead atoms. The minimum Gasteiger partial charge on any atom is -0.395 e. The molecule has 1 aliphatic rings. The van der Waals surface area contributed by atoms with E-state index in [9.17, 15) is 14.4 Å². The standard InChI is InChI=1S/C16H21N3O4S/c1-2-18-15-13(10-5-3-4-6-11(10)24-15)14(22)19(16(18)23)9-12(21)17-7-8-20/h20H,2-9H2,1H3,(H,17,21).